The number of alkyl halides is 3. The normalized spacial score (nSPS) is 18.4. The van der Waals surface area contributed by atoms with E-state index in [1.165, 1.54) is 35.1 Å². The first kappa shape index (κ1) is 39.6. The minimum atomic E-state index is -6.09. The fourth-order valence-electron chi connectivity index (χ4n) is 5.63. The first-order valence-corrected chi connectivity index (χ1v) is 17.7. The molecule has 1 saturated heterocycles. The van der Waals surface area contributed by atoms with Gasteiger partial charge in [0.05, 0.1) is 6.04 Å². The summed E-state index contributed by atoms with van der Waals surface area (Å²) in [6.45, 7) is 7.12. The van der Waals surface area contributed by atoms with Crippen LogP contribution in [0.1, 0.15) is 42.6 Å². The molecule has 2 N–H and O–H groups in total. The van der Waals surface area contributed by atoms with Gasteiger partial charge in [-0.2, -0.15) is 17.7 Å². The second kappa shape index (κ2) is 16.9. The van der Waals surface area contributed by atoms with Crippen LogP contribution >= 0.6 is 11.3 Å². The first-order chi connectivity index (χ1) is 24.6. The number of carbonyl (C=O) groups excluding carboxylic acids is 4. The highest BCUT2D eigenvalue weighted by atomic mass is 32.2. The van der Waals surface area contributed by atoms with E-state index in [-0.39, 0.29) is 35.4 Å². The van der Waals surface area contributed by atoms with Gasteiger partial charge in [-0.15, -0.1) is 11.3 Å². The number of aryl methyl sites for hydroxylation is 1. The molecule has 1 fully saturated rings. The molecule has 2 aromatic heterocycles. The number of ether oxygens (including phenoxy) is 2. The molecule has 2 atom stereocenters. The number of nitrogens with zero attached hydrogens (tertiary/aromatic N) is 4. The van der Waals surface area contributed by atoms with Crippen LogP contribution in [0, 0.1) is 0 Å². The minimum Gasteiger partial charge on any atom is -0.741 e. The van der Waals surface area contributed by atoms with Crippen LogP contribution in [-0.4, -0.2) is 90.4 Å². The molecule has 52 heavy (non-hydrogen) atoms. The van der Waals surface area contributed by atoms with Crippen molar-refractivity contribution in [3.8, 4) is 0 Å². The SMILES string of the molecule is C=CCOC(=O)Nc1nc(C(=NOC)C(=O)N[C@H]2C(=O)N3C(C(=O)OCC=C)=C([n+]4cccc5c4CCCC5)CCC23)cs1.O=S(=O)([O-])C(F)(F)F. The fraction of sp³-hybridized carbons (Fsp3) is 0.387. The third-order valence-corrected chi connectivity index (χ3v) is 9.11. The number of amides is 3. The Morgan fingerprint density at radius 3 is 2.50 bits per heavy atom. The number of esters is 1. The van der Waals surface area contributed by atoms with Crippen LogP contribution in [0.2, 0.25) is 0 Å². The van der Waals surface area contributed by atoms with Crippen LogP contribution in [-0.2, 0) is 51.7 Å². The monoisotopic (exact) mass is 770 g/mol. The van der Waals surface area contributed by atoms with Gasteiger partial charge in [-0.3, -0.25) is 19.8 Å². The van der Waals surface area contributed by atoms with Gasteiger partial charge < -0.3 is 24.2 Å². The predicted molar refractivity (Wildman–Crippen MR) is 176 cm³/mol. The summed E-state index contributed by atoms with van der Waals surface area (Å²) in [6.07, 6.45) is 9.06. The number of anilines is 1. The number of fused-ring (bicyclic) bond motifs is 2. The van der Waals surface area contributed by atoms with Crippen LogP contribution in [0.5, 0.6) is 0 Å². The van der Waals surface area contributed by atoms with Crippen molar-refractivity contribution in [1.29, 1.82) is 0 Å². The van der Waals surface area contributed by atoms with Crippen molar-refractivity contribution >= 4 is 61.9 Å². The Bertz CT molecular complexity index is 1910. The Kier molecular flexibility index (Phi) is 12.9. The average Bonchev–Trinajstić information content (AvgIpc) is 3.56. The number of oxime groups is 1. The summed E-state index contributed by atoms with van der Waals surface area (Å²) in [5, 5.41) is 10.7. The zero-order chi connectivity index (χ0) is 38.2. The molecule has 3 aliphatic rings. The number of β-lactam (4-membered cyclic amide) rings is 1. The lowest BCUT2D eigenvalue weighted by atomic mass is 9.84. The van der Waals surface area contributed by atoms with Gasteiger partial charge in [-0.1, -0.05) is 30.5 Å². The topological polar surface area (TPSA) is 210 Å². The fourth-order valence-corrected chi connectivity index (χ4v) is 6.31. The molecular weight excluding hydrogens is 738 g/mol. The summed E-state index contributed by atoms with van der Waals surface area (Å²) in [5.74, 6) is -1.77. The van der Waals surface area contributed by atoms with Gasteiger partial charge in [0.15, 0.2) is 38.5 Å². The second-order valence-corrected chi connectivity index (χ2v) is 13.3. The molecule has 21 heteroatoms. The molecular formula is C31H33F3N6O10S2. The lowest BCUT2D eigenvalue weighted by Gasteiger charge is -2.49. The molecule has 1 aliphatic carbocycles. The van der Waals surface area contributed by atoms with Crippen LogP contribution in [0.4, 0.5) is 23.1 Å². The summed E-state index contributed by atoms with van der Waals surface area (Å²) in [7, 11) is -4.82. The number of halogens is 3. The number of carbonyl (C=O) groups is 4. The van der Waals surface area contributed by atoms with Crippen molar-refractivity contribution in [1.82, 2.24) is 15.2 Å². The number of hydrogen-bond donors (Lipinski definition) is 2. The summed E-state index contributed by atoms with van der Waals surface area (Å²) < 4.78 is 71.2. The number of aromatic nitrogens is 2. The molecule has 2 aromatic rings. The summed E-state index contributed by atoms with van der Waals surface area (Å²) >= 11 is 1.05. The third-order valence-electron chi connectivity index (χ3n) is 7.79. The maximum absolute atomic E-state index is 13.6. The van der Waals surface area contributed by atoms with Gasteiger partial charge in [0, 0.05) is 29.9 Å². The number of rotatable bonds is 11. The van der Waals surface area contributed by atoms with Gasteiger partial charge >= 0.3 is 17.6 Å². The van der Waals surface area contributed by atoms with Crippen molar-refractivity contribution in [2.24, 2.45) is 5.16 Å². The van der Waals surface area contributed by atoms with Crippen molar-refractivity contribution in [2.75, 3.05) is 25.6 Å². The number of thiazole rings is 1. The Labute approximate surface area is 299 Å². The Balaban J connectivity index is 0.000000677. The Morgan fingerprint density at radius 2 is 1.85 bits per heavy atom. The molecule has 0 aromatic carbocycles. The van der Waals surface area contributed by atoms with E-state index < -0.39 is 51.6 Å². The maximum Gasteiger partial charge on any atom is 0.485 e. The molecule has 3 amide bonds. The molecule has 0 saturated carbocycles. The van der Waals surface area contributed by atoms with E-state index in [0.29, 0.717) is 18.5 Å². The molecule has 4 heterocycles. The quantitative estimate of drug-likeness (QED) is 0.0496. The molecule has 16 nitrogen and oxygen atoms in total. The van der Waals surface area contributed by atoms with Crippen LogP contribution < -0.4 is 15.2 Å². The molecule has 280 valence electrons. The van der Waals surface area contributed by atoms with Gasteiger partial charge in [-0.05, 0) is 31.7 Å². The standard InChI is InChI=1S/C30H32N6O7S.CHF3O3S/c1-4-15-42-28(39)25-22(35-14-8-10-18-9-6-7-11-20(18)35)13-12-21-24(27(38)36(21)25)32-26(37)23(34-41-3)19-17-44-29(31-19)33-30(40)43-16-5-2;2-1(3,4)8(5,6)7/h4-5,8,10,14,17,21,24H,1-2,6-7,9,11-13,15-16H2,3H3,(H-,31,32,33,37,40);(H,5,6,7)/t21?,24-;/m1./s1. The van der Waals surface area contributed by atoms with Gasteiger partial charge in [0.2, 0.25) is 5.70 Å². The molecule has 0 spiro atoms. The van der Waals surface area contributed by atoms with E-state index in [4.69, 9.17) is 27.3 Å². The zero-order valence-corrected chi connectivity index (χ0v) is 29.1. The highest BCUT2D eigenvalue weighted by Gasteiger charge is 2.56. The van der Waals surface area contributed by atoms with E-state index in [2.05, 4.69) is 40.0 Å². The Morgan fingerprint density at radius 1 is 1.17 bits per heavy atom. The molecule has 1 unspecified atom stereocenters. The smallest absolute Gasteiger partial charge is 0.485 e. The minimum absolute atomic E-state index is 0.00660. The van der Waals surface area contributed by atoms with Gasteiger partial charge in [0.25, 0.3) is 11.8 Å². The predicted octanol–water partition coefficient (Wildman–Crippen LogP) is 2.53. The van der Waals surface area contributed by atoms with Crippen LogP contribution in [0.3, 0.4) is 0 Å². The van der Waals surface area contributed by atoms with E-state index in [1.54, 1.807) is 0 Å². The summed E-state index contributed by atoms with van der Waals surface area (Å²) in [5.41, 5.74) is -2.48. The number of pyridine rings is 1. The lowest BCUT2D eigenvalue weighted by molar-refractivity contribution is -0.594. The van der Waals surface area contributed by atoms with Crippen molar-refractivity contribution < 1.29 is 64.2 Å². The number of allylic oxidation sites excluding steroid dienone is 1. The van der Waals surface area contributed by atoms with Gasteiger partial charge in [0.1, 0.15) is 32.1 Å². The van der Waals surface area contributed by atoms with Crippen molar-refractivity contribution in [3.05, 3.63) is 71.7 Å². The van der Waals surface area contributed by atoms with E-state index in [0.717, 1.165) is 42.7 Å². The van der Waals surface area contributed by atoms with Gasteiger partial charge in [-0.25, -0.2) is 23.0 Å². The third kappa shape index (κ3) is 9.01. The average molecular weight is 771 g/mol. The number of nitrogens with one attached hydrogen (secondary N) is 2. The highest BCUT2D eigenvalue weighted by molar-refractivity contribution is 7.86. The maximum atomic E-state index is 13.6. The van der Waals surface area contributed by atoms with Crippen molar-refractivity contribution in [2.45, 2.75) is 56.1 Å². The van der Waals surface area contributed by atoms with Crippen LogP contribution in [0.15, 0.2) is 59.9 Å². The summed E-state index contributed by atoms with van der Waals surface area (Å²) in [6, 6.07) is 2.67. The van der Waals surface area contributed by atoms with E-state index in [9.17, 15) is 32.3 Å². The molecule has 2 aliphatic heterocycles. The first-order valence-electron chi connectivity index (χ1n) is 15.4. The largest absolute Gasteiger partial charge is 0.741 e. The second-order valence-electron chi connectivity index (χ2n) is 11.1. The molecule has 5 rings (SSSR count). The zero-order valence-electron chi connectivity index (χ0n) is 27.5. The van der Waals surface area contributed by atoms with Crippen molar-refractivity contribution in [3.63, 3.8) is 0 Å². The summed E-state index contributed by atoms with van der Waals surface area (Å²) in [4.78, 5) is 62.7. The van der Waals surface area contributed by atoms with E-state index in [1.807, 2.05) is 16.8 Å². The Hall–Kier alpha value is -5.15. The highest BCUT2D eigenvalue weighted by Crippen LogP contribution is 2.38. The van der Waals surface area contributed by atoms with E-state index >= 15 is 0 Å². The molecule has 0 radical (unpaired) electrons. The molecule has 0 bridgehead atoms. The number of hydrogen-bond acceptors (Lipinski definition) is 13. The van der Waals surface area contributed by atoms with Crippen LogP contribution in [0.25, 0.3) is 5.70 Å². The lowest BCUT2D eigenvalue weighted by Crippen LogP contribution is -2.72.